The van der Waals surface area contributed by atoms with E-state index >= 15 is 0 Å². The van der Waals surface area contributed by atoms with Crippen LogP contribution in [0.1, 0.15) is 19.4 Å². The Hall–Kier alpha value is -0.670. The largest absolute Gasteiger partial charge is 0.322 e. The van der Waals surface area contributed by atoms with E-state index in [9.17, 15) is 8.78 Å². The first-order chi connectivity index (χ1) is 5.43. The molecule has 1 rings (SSSR count). The van der Waals surface area contributed by atoms with Crippen molar-refractivity contribution >= 4 is 12.4 Å². The van der Waals surface area contributed by atoms with Gasteiger partial charge in [-0.3, -0.25) is 0 Å². The smallest absolute Gasteiger partial charge is 0.163 e. The summed E-state index contributed by atoms with van der Waals surface area (Å²) in [5.41, 5.74) is 4.98. The van der Waals surface area contributed by atoms with Crippen molar-refractivity contribution in [3.05, 3.63) is 35.4 Å². The molecule has 0 unspecified atom stereocenters. The summed E-state index contributed by atoms with van der Waals surface area (Å²) >= 11 is 0. The molecule has 0 fully saturated rings. The molecule has 0 amide bonds. The van der Waals surface area contributed by atoms with Crippen LogP contribution >= 0.6 is 12.4 Å². The average Bonchev–Trinajstić information content (AvgIpc) is 1.92. The highest BCUT2D eigenvalue weighted by Gasteiger charge is 2.20. The normalized spacial score (nSPS) is 10.8. The van der Waals surface area contributed by atoms with Crippen LogP contribution in [0.4, 0.5) is 8.78 Å². The first-order valence-corrected chi connectivity index (χ1v) is 3.66. The lowest BCUT2D eigenvalue weighted by Crippen LogP contribution is -2.30. The van der Waals surface area contributed by atoms with Gasteiger partial charge in [-0.05, 0) is 19.9 Å². The van der Waals surface area contributed by atoms with E-state index < -0.39 is 17.2 Å². The Bertz CT molecular complexity index is 294. The molecule has 1 nitrogen and oxygen atoms in total. The molecule has 13 heavy (non-hydrogen) atoms. The quantitative estimate of drug-likeness (QED) is 0.753. The average molecular weight is 208 g/mol. The fourth-order valence-corrected chi connectivity index (χ4v) is 1.00. The SMILES string of the molecule is CC(C)(N)c1cccc(F)c1F.Cl. The number of hydrogen-bond acceptors (Lipinski definition) is 1. The second-order valence-corrected chi connectivity index (χ2v) is 3.32. The van der Waals surface area contributed by atoms with E-state index in [0.29, 0.717) is 0 Å². The van der Waals surface area contributed by atoms with Crippen molar-refractivity contribution in [1.82, 2.24) is 0 Å². The van der Waals surface area contributed by atoms with Gasteiger partial charge in [-0.25, -0.2) is 8.78 Å². The van der Waals surface area contributed by atoms with Gasteiger partial charge in [0.2, 0.25) is 0 Å². The highest BCUT2D eigenvalue weighted by atomic mass is 35.5. The molecule has 0 spiro atoms. The lowest BCUT2D eigenvalue weighted by Gasteiger charge is -2.19. The molecule has 0 bridgehead atoms. The lowest BCUT2D eigenvalue weighted by atomic mass is 9.95. The summed E-state index contributed by atoms with van der Waals surface area (Å²) in [7, 11) is 0. The van der Waals surface area contributed by atoms with Crippen LogP contribution in [0, 0.1) is 11.6 Å². The van der Waals surface area contributed by atoms with Crippen LogP contribution < -0.4 is 5.73 Å². The van der Waals surface area contributed by atoms with E-state index in [2.05, 4.69) is 0 Å². The predicted octanol–water partition coefficient (Wildman–Crippen LogP) is 2.58. The summed E-state index contributed by atoms with van der Waals surface area (Å²) in [6.07, 6.45) is 0. The molecule has 1 aromatic carbocycles. The first-order valence-electron chi connectivity index (χ1n) is 3.66. The van der Waals surface area contributed by atoms with E-state index in [0.717, 1.165) is 6.07 Å². The van der Waals surface area contributed by atoms with E-state index in [-0.39, 0.29) is 18.0 Å². The van der Waals surface area contributed by atoms with Crippen LogP contribution in [0.3, 0.4) is 0 Å². The van der Waals surface area contributed by atoms with Crippen molar-refractivity contribution in [3.63, 3.8) is 0 Å². The molecule has 0 aliphatic carbocycles. The van der Waals surface area contributed by atoms with Crippen LogP contribution in [0.15, 0.2) is 18.2 Å². The maximum Gasteiger partial charge on any atom is 0.163 e. The van der Waals surface area contributed by atoms with E-state index in [1.54, 1.807) is 13.8 Å². The number of halogens is 3. The molecular weight excluding hydrogens is 196 g/mol. The van der Waals surface area contributed by atoms with Gasteiger partial charge in [0.15, 0.2) is 11.6 Å². The Morgan fingerprint density at radius 3 is 2.15 bits per heavy atom. The fourth-order valence-electron chi connectivity index (χ4n) is 1.00. The molecule has 0 saturated carbocycles. The van der Waals surface area contributed by atoms with Crippen LogP contribution in [-0.4, -0.2) is 0 Å². The number of nitrogens with two attached hydrogens (primary N) is 1. The molecule has 74 valence electrons. The third kappa shape index (κ3) is 2.64. The van der Waals surface area contributed by atoms with Gasteiger partial charge in [0.1, 0.15) is 0 Å². The van der Waals surface area contributed by atoms with Gasteiger partial charge in [0.05, 0.1) is 0 Å². The van der Waals surface area contributed by atoms with Gasteiger partial charge in [0, 0.05) is 11.1 Å². The molecule has 0 radical (unpaired) electrons. The molecule has 0 aromatic heterocycles. The Morgan fingerprint density at radius 1 is 1.23 bits per heavy atom. The molecule has 0 aliphatic heterocycles. The Labute approximate surface area is 82.4 Å². The predicted molar refractivity (Wildman–Crippen MR) is 50.8 cm³/mol. The summed E-state index contributed by atoms with van der Waals surface area (Å²) in [5, 5.41) is 0. The van der Waals surface area contributed by atoms with Crippen LogP contribution in [0.2, 0.25) is 0 Å². The standard InChI is InChI=1S/C9H11F2N.ClH/c1-9(2,12)6-4-3-5-7(10)8(6)11;/h3-5H,12H2,1-2H3;1H. The molecule has 0 aliphatic rings. The molecular formula is C9H12ClF2N. The molecule has 0 saturated heterocycles. The van der Waals surface area contributed by atoms with Crippen LogP contribution in [0.5, 0.6) is 0 Å². The molecule has 2 N–H and O–H groups in total. The monoisotopic (exact) mass is 207 g/mol. The lowest BCUT2D eigenvalue weighted by molar-refractivity contribution is 0.455. The second-order valence-electron chi connectivity index (χ2n) is 3.32. The molecule has 0 heterocycles. The minimum Gasteiger partial charge on any atom is -0.322 e. The molecule has 4 heteroatoms. The van der Waals surface area contributed by atoms with Crippen molar-refractivity contribution in [3.8, 4) is 0 Å². The summed E-state index contributed by atoms with van der Waals surface area (Å²) in [6, 6.07) is 4.01. The van der Waals surface area contributed by atoms with Gasteiger partial charge < -0.3 is 5.73 Å². The zero-order valence-corrected chi connectivity index (χ0v) is 8.29. The minimum absolute atomic E-state index is 0. The summed E-state index contributed by atoms with van der Waals surface area (Å²) < 4.78 is 25.7. The van der Waals surface area contributed by atoms with Crippen molar-refractivity contribution in [2.24, 2.45) is 5.73 Å². The maximum atomic E-state index is 13.0. The minimum atomic E-state index is -0.856. The molecule has 1 aromatic rings. The maximum absolute atomic E-state index is 13.0. The fraction of sp³-hybridized carbons (Fsp3) is 0.333. The van der Waals surface area contributed by atoms with Gasteiger partial charge in [0.25, 0.3) is 0 Å². The van der Waals surface area contributed by atoms with Crippen molar-refractivity contribution < 1.29 is 8.78 Å². The Morgan fingerprint density at radius 2 is 1.77 bits per heavy atom. The third-order valence-corrected chi connectivity index (χ3v) is 1.65. The van der Waals surface area contributed by atoms with Gasteiger partial charge in [-0.2, -0.15) is 0 Å². The second kappa shape index (κ2) is 4.03. The van der Waals surface area contributed by atoms with Crippen LogP contribution in [-0.2, 0) is 5.54 Å². The Balaban J connectivity index is 0.00000144. The highest BCUT2D eigenvalue weighted by Crippen LogP contribution is 2.21. The zero-order valence-electron chi connectivity index (χ0n) is 7.47. The third-order valence-electron chi connectivity index (χ3n) is 1.65. The topological polar surface area (TPSA) is 26.0 Å². The first kappa shape index (κ1) is 12.3. The van der Waals surface area contributed by atoms with Crippen molar-refractivity contribution in [1.29, 1.82) is 0 Å². The van der Waals surface area contributed by atoms with Crippen molar-refractivity contribution in [2.75, 3.05) is 0 Å². The van der Waals surface area contributed by atoms with Gasteiger partial charge in [-0.15, -0.1) is 12.4 Å². The summed E-state index contributed by atoms with van der Waals surface area (Å²) in [4.78, 5) is 0. The highest BCUT2D eigenvalue weighted by molar-refractivity contribution is 5.85. The summed E-state index contributed by atoms with van der Waals surface area (Å²) in [5.74, 6) is -1.71. The summed E-state index contributed by atoms with van der Waals surface area (Å²) in [6.45, 7) is 3.26. The molecule has 0 atom stereocenters. The Kier molecular flexibility index (Phi) is 3.82. The number of hydrogen-bond donors (Lipinski definition) is 1. The van der Waals surface area contributed by atoms with E-state index in [1.165, 1.54) is 12.1 Å². The number of benzene rings is 1. The van der Waals surface area contributed by atoms with Gasteiger partial charge >= 0.3 is 0 Å². The number of rotatable bonds is 1. The van der Waals surface area contributed by atoms with E-state index in [4.69, 9.17) is 5.73 Å². The zero-order chi connectivity index (χ0) is 9.35. The van der Waals surface area contributed by atoms with Crippen LogP contribution in [0.25, 0.3) is 0 Å². The van der Waals surface area contributed by atoms with E-state index in [1.807, 2.05) is 0 Å². The van der Waals surface area contributed by atoms with Crippen molar-refractivity contribution in [2.45, 2.75) is 19.4 Å². The van der Waals surface area contributed by atoms with Gasteiger partial charge in [-0.1, -0.05) is 12.1 Å².